The fourth-order valence-electron chi connectivity index (χ4n) is 2.49. The lowest BCUT2D eigenvalue weighted by Crippen LogP contribution is -2.28. The molecule has 0 spiro atoms. The molecule has 2 rings (SSSR count). The number of benzene rings is 2. The molecule has 1 N–H and O–H groups in total. The van der Waals surface area contributed by atoms with Crippen molar-refractivity contribution in [2.75, 3.05) is 26.0 Å². The summed E-state index contributed by atoms with van der Waals surface area (Å²) in [6.45, 7) is 0.134. The van der Waals surface area contributed by atoms with E-state index in [2.05, 4.69) is 5.32 Å². The zero-order valence-electron chi connectivity index (χ0n) is 16.0. The van der Waals surface area contributed by atoms with Crippen molar-refractivity contribution in [2.24, 2.45) is 0 Å². The first-order chi connectivity index (χ1) is 13.7. The van der Waals surface area contributed by atoms with Gasteiger partial charge in [-0.2, -0.15) is 8.78 Å². The number of carbonyl (C=O) groups excluding carboxylic acids is 1. The molecule has 0 atom stereocenters. The summed E-state index contributed by atoms with van der Waals surface area (Å²) < 4.78 is 56.5. The second-order valence-electron chi connectivity index (χ2n) is 6.03. The Morgan fingerprint density at radius 1 is 1.17 bits per heavy atom. The van der Waals surface area contributed by atoms with Gasteiger partial charge < -0.3 is 10.1 Å². The molecule has 1 amide bonds. The van der Waals surface area contributed by atoms with Gasteiger partial charge in [0.1, 0.15) is 5.75 Å². The van der Waals surface area contributed by atoms with Crippen LogP contribution in [0, 0.1) is 0 Å². The summed E-state index contributed by atoms with van der Waals surface area (Å²) >= 11 is 0.355. The fraction of sp³-hybridized carbons (Fsp3) is 0.316. The van der Waals surface area contributed by atoms with Gasteiger partial charge in [-0.05, 0) is 42.8 Å². The van der Waals surface area contributed by atoms with E-state index >= 15 is 0 Å². The van der Waals surface area contributed by atoms with Crippen molar-refractivity contribution >= 4 is 33.4 Å². The molecule has 0 radical (unpaired) electrons. The number of alkyl halides is 2. The summed E-state index contributed by atoms with van der Waals surface area (Å²) in [5, 5.41) is 2.60. The van der Waals surface area contributed by atoms with Gasteiger partial charge in [0.15, 0.2) is 0 Å². The highest BCUT2D eigenvalue weighted by Crippen LogP contribution is 2.31. The molecule has 0 aromatic heterocycles. The number of ether oxygens (including phenoxy) is 1. The predicted octanol–water partition coefficient (Wildman–Crippen LogP) is 4.05. The van der Waals surface area contributed by atoms with Gasteiger partial charge in [-0.1, -0.05) is 23.9 Å². The normalized spacial score (nSPS) is 11.7. The van der Waals surface area contributed by atoms with E-state index in [0.717, 1.165) is 0 Å². The fourth-order valence-corrected chi connectivity index (χ4v) is 4.30. The van der Waals surface area contributed by atoms with Crippen LogP contribution in [0.25, 0.3) is 0 Å². The molecule has 158 valence electrons. The van der Waals surface area contributed by atoms with Crippen molar-refractivity contribution in [2.45, 2.75) is 28.4 Å². The first kappa shape index (κ1) is 23.1. The number of amides is 1. The lowest BCUT2D eigenvalue weighted by atomic mass is 10.2. The van der Waals surface area contributed by atoms with E-state index in [1.54, 1.807) is 30.3 Å². The average molecular weight is 445 g/mol. The van der Waals surface area contributed by atoms with Crippen LogP contribution in [0.1, 0.15) is 12.8 Å². The van der Waals surface area contributed by atoms with Gasteiger partial charge in [0.25, 0.3) is 5.76 Å². The number of methoxy groups -OCH3 is 1. The van der Waals surface area contributed by atoms with Crippen LogP contribution < -0.4 is 10.1 Å². The molecule has 2 aromatic carbocycles. The van der Waals surface area contributed by atoms with E-state index < -0.39 is 15.8 Å². The highest BCUT2D eigenvalue weighted by atomic mass is 32.2. The van der Waals surface area contributed by atoms with Crippen LogP contribution in [0.4, 0.5) is 14.5 Å². The quantitative estimate of drug-likeness (QED) is 0.560. The monoisotopic (exact) mass is 444 g/mol. The molecule has 0 saturated heterocycles. The number of anilines is 1. The van der Waals surface area contributed by atoms with Gasteiger partial charge in [-0.25, -0.2) is 12.7 Å². The topological polar surface area (TPSA) is 75.7 Å². The molecule has 0 aliphatic carbocycles. The molecule has 29 heavy (non-hydrogen) atoms. The van der Waals surface area contributed by atoms with E-state index in [0.29, 0.717) is 23.2 Å². The molecule has 0 bridgehead atoms. The summed E-state index contributed by atoms with van der Waals surface area (Å²) in [6, 6.07) is 12.3. The SMILES string of the molecule is COc1ccc(S(=O)(=O)N(C)CCCC(=O)Nc2ccccc2SC(F)F)cc1. The number of rotatable bonds is 10. The third-order valence-electron chi connectivity index (χ3n) is 4.02. The molecule has 0 heterocycles. The number of carbonyl (C=O) groups is 1. The van der Waals surface area contributed by atoms with Crippen LogP contribution >= 0.6 is 11.8 Å². The lowest BCUT2D eigenvalue weighted by molar-refractivity contribution is -0.116. The molecule has 0 aliphatic heterocycles. The van der Waals surface area contributed by atoms with Crippen molar-refractivity contribution < 1.29 is 26.7 Å². The van der Waals surface area contributed by atoms with E-state index in [-0.39, 0.29) is 35.1 Å². The Balaban J connectivity index is 1.89. The zero-order valence-corrected chi connectivity index (χ0v) is 17.6. The summed E-state index contributed by atoms with van der Waals surface area (Å²) in [4.78, 5) is 12.5. The molecular weight excluding hydrogens is 422 g/mol. The Bertz CT molecular complexity index is 922. The number of halogens is 2. The third kappa shape index (κ3) is 6.69. The lowest BCUT2D eigenvalue weighted by Gasteiger charge is -2.17. The molecule has 2 aromatic rings. The van der Waals surface area contributed by atoms with Crippen LogP contribution in [-0.4, -0.2) is 45.1 Å². The Morgan fingerprint density at radius 2 is 1.83 bits per heavy atom. The van der Waals surface area contributed by atoms with E-state index in [1.807, 2.05) is 0 Å². The first-order valence-corrected chi connectivity index (χ1v) is 11.0. The van der Waals surface area contributed by atoms with Gasteiger partial charge in [0, 0.05) is 24.9 Å². The highest BCUT2D eigenvalue weighted by molar-refractivity contribution is 7.99. The average Bonchev–Trinajstić information content (AvgIpc) is 2.69. The van der Waals surface area contributed by atoms with Crippen molar-refractivity contribution in [3.8, 4) is 5.75 Å². The Hall–Kier alpha value is -2.17. The second kappa shape index (κ2) is 10.6. The number of hydrogen-bond acceptors (Lipinski definition) is 5. The second-order valence-corrected chi connectivity index (χ2v) is 9.11. The van der Waals surface area contributed by atoms with Gasteiger partial charge in [0.05, 0.1) is 17.7 Å². The summed E-state index contributed by atoms with van der Waals surface area (Å²) in [6.07, 6.45) is 0.331. The summed E-state index contributed by atoms with van der Waals surface area (Å²) in [5.41, 5.74) is 0.307. The Kier molecular flexibility index (Phi) is 8.42. The van der Waals surface area contributed by atoms with Crippen LogP contribution in [-0.2, 0) is 14.8 Å². The number of para-hydroxylation sites is 1. The molecule has 0 aliphatic rings. The standard InChI is InChI=1S/C19H22F2N2O4S2/c1-23(29(25,26)15-11-9-14(27-2)10-12-15)13-5-8-18(24)22-16-6-3-4-7-17(16)28-19(20)21/h3-4,6-7,9-12,19H,5,8,13H2,1-2H3,(H,22,24). The smallest absolute Gasteiger partial charge is 0.288 e. The predicted molar refractivity (Wildman–Crippen MR) is 109 cm³/mol. The summed E-state index contributed by atoms with van der Waals surface area (Å²) in [7, 11) is -0.754. The first-order valence-electron chi connectivity index (χ1n) is 8.68. The summed E-state index contributed by atoms with van der Waals surface area (Å²) in [5.74, 6) is -2.42. The van der Waals surface area contributed by atoms with Crippen LogP contribution in [0.5, 0.6) is 5.75 Å². The van der Waals surface area contributed by atoms with Crippen molar-refractivity contribution in [1.29, 1.82) is 0 Å². The number of thioether (sulfide) groups is 1. The number of sulfonamides is 1. The van der Waals surface area contributed by atoms with Gasteiger partial charge in [0.2, 0.25) is 15.9 Å². The van der Waals surface area contributed by atoms with E-state index in [9.17, 15) is 22.0 Å². The Morgan fingerprint density at radius 3 is 2.45 bits per heavy atom. The van der Waals surface area contributed by atoms with E-state index in [4.69, 9.17) is 4.74 Å². The van der Waals surface area contributed by atoms with Crippen molar-refractivity contribution in [3.63, 3.8) is 0 Å². The minimum Gasteiger partial charge on any atom is -0.497 e. The number of nitrogens with one attached hydrogen (secondary N) is 1. The minimum absolute atomic E-state index is 0.0517. The Labute approximate surface area is 173 Å². The molecule has 10 heteroatoms. The van der Waals surface area contributed by atoms with Crippen LogP contribution in [0.15, 0.2) is 58.3 Å². The number of hydrogen-bond donors (Lipinski definition) is 1. The van der Waals surface area contributed by atoms with Gasteiger partial charge in [-0.15, -0.1) is 0 Å². The molecule has 6 nitrogen and oxygen atoms in total. The zero-order chi connectivity index (χ0) is 21.4. The molecular formula is C19H22F2N2O4S2. The molecule has 0 unspecified atom stereocenters. The number of nitrogens with zero attached hydrogens (tertiary/aromatic N) is 1. The van der Waals surface area contributed by atoms with Crippen molar-refractivity contribution in [3.05, 3.63) is 48.5 Å². The maximum Gasteiger partial charge on any atom is 0.288 e. The maximum absolute atomic E-state index is 12.6. The van der Waals surface area contributed by atoms with Crippen LogP contribution in [0.3, 0.4) is 0 Å². The van der Waals surface area contributed by atoms with Gasteiger partial charge >= 0.3 is 0 Å². The highest BCUT2D eigenvalue weighted by Gasteiger charge is 2.20. The minimum atomic E-state index is -3.68. The molecule has 0 saturated carbocycles. The maximum atomic E-state index is 12.6. The van der Waals surface area contributed by atoms with Crippen molar-refractivity contribution in [1.82, 2.24) is 4.31 Å². The van der Waals surface area contributed by atoms with E-state index in [1.165, 1.54) is 36.7 Å². The van der Waals surface area contributed by atoms with Crippen LogP contribution in [0.2, 0.25) is 0 Å². The van der Waals surface area contributed by atoms with Gasteiger partial charge in [-0.3, -0.25) is 4.79 Å². The molecule has 0 fully saturated rings. The largest absolute Gasteiger partial charge is 0.497 e. The third-order valence-corrected chi connectivity index (χ3v) is 6.68.